The zero-order valence-electron chi connectivity index (χ0n) is 14.6. The molecule has 3 aromatic carbocycles. The molecule has 5 heteroatoms. The quantitative estimate of drug-likeness (QED) is 0.607. The summed E-state index contributed by atoms with van der Waals surface area (Å²) in [5.41, 5.74) is 3.55. The molecular weight excluding hydrogens is 351 g/mol. The third-order valence-electron chi connectivity index (χ3n) is 4.12. The van der Waals surface area contributed by atoms with Gasteiger partial charge in [0.25, 0.3) is 0 Å². The second-order valence-electron chi connectivity index (χ2n) is 6.12. The Bertz CT molecular complexity index is 1030. The highest BCUT2D eigenvalue weighted by molar-refractivity contribution is 7.90. The molecule has 3 nitrogen and oxygen atoms in total. The van der Waals surface area contributed by atoms with Crippen molar-refractivity contribution in [2.24, 2.45) is 0 Å². The summed E-state index contributed by atoms with van der Waals surface area (Å²) in [7, 11) is -1.98. The standard InChI is InChI=1S/C21H19FO3S/c1-15-4-3-5-17(12-15)20-13-16(6-11-21(20)25-2)14-26(23,24)19-9-7-18(22)8-10-19/h3-13H,14H2,1-2H3. The predicted octanol–water partition coefficient (Wildman–Crippen LogP) is 4.78. The fraction of sp³-hybridized carbons (Fsp3) is 0.143. The van der Waals surface area contributed by atoms with Crippen LogP contribution >= 0.6 is 0 Å². The molecule has 0 N–H and O–H groups in total. The zero-order chi connectivity index (χ0) is 18.7. The van der Waals surface area contributed by atoms with Gasteiger partial charge in [0.1, 0.15) is 11.6 Å². The Morgan fingerprint density at radius 2 is 1.69 bits per heavy atom. The van der Waals surface area contributed by atoms with Gasteiger partial charge < -0.3 is 4.74 Å². The highest BCUT2D eigenvalue weighted by Gasteiger charge is 2.17. The van der Waals surface area contributed by atoms with Crippen LogP contribution in [0.5, 0.6) is 5.75 Å². The zero-order valence-corrected chi connectivity index (χ0v) is 15.4. The highest BCUT2D eigenvalue weighted by Crippen LogP contribution is 2.32. The second-order valence-corrected chi connectivity index (χ2v) is 8.11. The molecule has 3 rings (SSSR count). The van der Waals surface area contributed by atoms with E-state index < -0.39 is 15.7 Å². The molecule has 0 atom stereocenters. The number of sulfone groups is 1. The molecule has 0 saturated carbocycles. The van der Waals surface area contributed by atoms with Crippen LogP contribution in [-0.4, -0.2) is 15.5 Å². The van der Waals surface area contributed by atoms with E-state index in [0.717, 1.165) is 28.8 Å². The molecule has 0 amide bonds. The first kappa shape index (κ1) is 18.1. The maximum Gasteiger partial charge on any atom is 0.182 e. The fourth-order valence-corrected chi connectivity index (χ4v) is 4.16. The van der Waals surface area contributed by atoms with E-state index in [1.807, 2.05) is 37.3 Å². The lowest BCUT2D eigenvalue weighted by molar-refractivity contribution is 0.416. The molecular formula is C21H19FO3S. The van der Waals surface area contributed by atoms with Crippen LogP contribution in [0.3, 0.4) is 0 Å². The number of methoxy groups -OCH3 is 1. The first-order valence-corrected chi connectivity index (χ1v) is 9.76. The van der Waals surface area contributed by atoms with E-state index in [1.54, 1.807) is 19.2 Å². The Morgan fingerprint density at radius 3 is 2.35 bits per heavy atom. The molecule has 0 aliphatic heterocycles. The van der Waals surface area contributed by atoms with Crippen LogP contribution < -0.4 is 4.74 Å². The lowest BCUT2D eigenvalue weighted by Crippen LogP contribution is -2.05. The molecule has 0 radical (unpaired) electrons. The van der Waals surface area contributed by atoms with Crippen molar-refractivity contribution in [1.82, 2.24) is 0 Å². The summed E-state index contributed by atoms with van der Waals surface area (Å²) in [4.78, 5) is 0.104. The molecule has 0 bridgehead atoms. The monoisotopic (exact) mass is 370 g/mol. The van der Waals surface area contributed by atoms with Gasteiger partial charge in [-0.25, -0.2) is 12.8 Å². The van der Waals surface area contributed by atoms with Crippen molar-refractivity contribution in [2.45, 2.75) is 17.6 Å². The van der Waals surface area contributed by atoms with Crippen molar-refractivity contribution in [2.75, 3.05) is 7.11 Å². The first-order valence-electron chi connectivity index (χ1n) is 8.11. The van der Waals surface area contributed by atoms with Crippen molar-refractivity contribution in [3.8, 4) is 16.9 Å². The van der Waals surface area contributed by atoms with Gasteiger partial charge in [0.15, 0.2) is 9.84 Å². The fourth-order valence-electron chi connectivity index (χ4n) is 2.83. The second kappa shape index (κ2) is 7.30. The molecule has 0 heterocycles. The average Bonchev–Trinajstić information content (AvgIpc) is 2.62. The number of ether oxygens (including phenoxy) is 1. The van der Waals surface area contributed by atoms with E-state index >= 15 is 0 Å². The molecule has 0 aromatic heterocycles. The van der Waals surface area contributed by atoms with Gasteiger partial charge in [-0.2, -0.15) is 0 Å². The van der Waals surface area contributed by atoms with Gasteiger partial charge in [-0.1, -0.05) is 35.9 Å². The maximum atomic E-state index is 13.0. The Balaban J connectivity index is 1.99. The van der Waals surface area contributed by atoms with E-state index in [1.165, 1.54) is 12.1 Å². The normalized spacial score (nSPS) is 11.3. The van der Waals surface area contributed by atoms with Gasteiger partial charge >= 0.3 is 0 Å². The van der Waals surface area contributed by atoms with Gasteiger partial charge in [0.05, 0.1) is 17.8 Å². The summed E-state index contributed by atoms with van der Waals surface area (Å²) in [5.74, 6) is 0.0511. The Labute approximate surface area is 153 Å². The summed E-state index contributed by atoms with van der Waals surface area (Å²) >= 11 is 0. The van der Waals surface area contributed by atoms with Crippen molar-refractivity contribution >= 4 is 9.84 Å². The van der Waals surface area contributed by atoms with Crippen molar-refractivity contribution in [1.29, 1.82) is 0 Å². The van der Waals surface area contributed by atoms with Crippen LogP contribution in [0.4, 0.5) is 4.39 Å². The molecule has 0 aliphatic rings. The van der Waals surface area contributed by atoms with Crippen LogP contribution in [0.15, 0.2) is 71.6 Å². The largest absolute Gasteiger partial charge is 0.496 e. The van der Waals surface area contributed by atoms with Crippen molar-refractivity contribution < 1.29 is 17.5 Å². The van der Waals surface area contributed by atoms with Gasteiger partial charge in [0, 0.05) is 5.56 Å². The van der Waals surface area contributed by atoms with Crippen LogP contribution in [0.2, 0.25) is 0 Å². The maximum absolute atomic E-state index is 13.0. The summed E-state index contributed by atoms with van der Waals surface area (Å²) in [6, 6.07) is 18.1. The topological polar surface area (TPSA) is 43.4 Å². The van der Waals surface area contributed by atoms with Crippen LogP contribution in [-0.2, 0) is 15.6 Å². The third kappa shape index (κ3) is 3.94. The lowest BCUT2D eigenvalue weighted by atomic mass is 10.0. The van der Waals surface area contributed by atoms with Gasteiger partial charge in [-0.05, 0) is 54.4 Å². The minimum Gasteiger partial charge on any atom is -0.496 e. The molecule has 26 heavy (non-hydrogen) atoms. The summed E-state index contributed by atoms with van der Waals surface area (Å²) in [6.07, 6.45) is 0. The summed E-state index contributed by atoms with van der Waals surface area (Å²) in [5, 5.41) is 0. The molecule has 0 saturated heterocycles. The Morgan fingerprint density at radius 1 is 0.962 bits per heavy atom. The van der Waals surface area contributed by atoms with Crippen LogP contribution in [0.25, 0.3) is 11.1 Å². The highest BCUT2D eigenvalue weighted by atomic mass is 32.2. The SMILES string of the molecule is COc1ccc(CS(=O)(=O)c2ccc(F)cc2)cc1-c1cccc(C)c1. The minimum atomic E-state index is -3.56. The number of hydrogen-bond donors (Lipinski definition) is 0. The van der Waals surface area contributed by atoms with Crippen molar-refractivity contribution in [3.05, 3.63) is 83.7 Å². The Hall–Kier alpha value is -2.66. The average molecular weight is 370 g/mol. The smallest absolute Gasteiger partial charge is 0.182 e. The molecule has 0 unspecified atom stereocenters. The first-order chi connectivity index (χ1) is 12.4. The van der Waals surface area contributed by atoms with Crippen LogP contribution in [0, 0.1) is 12.7 Å². The summed E-state index contributed by atoms with van der Waals surface area (Å²) in [6.45, 7) is 2.00. The van der Waals surface area contributed by atoms with Gasteiger partial charge in [-0.15, -0.1) is 0 Å². The molecule has 0 fully saturated rings. The number of halogens is 1. The molecule has 3 aromatic rings. The molecule has 134 valence electrons. The van der Waals surface area contributed by atoms with Crippen molar-refractivity contribution in [3.63, 3.8) is 0 Å². The van der Waals surface area contributed by atoms with E-state index in [0.29, 0.717) is 11.3 Å². The van der Waals surface area contributed by atoms with Gasteiger partial charge in [0.2, 0.25) is 0 Å². The van der Waals surface area contributed by atoms with Gasteiger partial charge in [-0.3, -0.25) is 0 Å². The van der Waals surface area contributed by atoms with E-state index in [2.05, 4.69) is 0 Å². The predicted molar refractivity (Wildman–Crippen MR) is 100 cm³/mol. The lowest BCUT2D eigenvalue weighted by Gasteiger charge is -2.12. The number of aryl methyl sites for hydroxylation is 1. The van der Waals surface area contributed by atoms with E-state index in [9.17, 15) is 12.8 Å². The third-order valence-corrected chi connectivity index (χ3v) is 5.83. The number of rotatable bonds is 5. The number of benzene rings is 3. The van der Waals surface area contributed by atoms with E-state index in [4.69, 9.17) is 4.74 Å². The van der Waals surface area contributed by atoms with Crippen LogP contribution in [0.1, 0.15) is 11.1 Å². The molecule has 0 spiro atoms. The molecule has 0 aliphatic carbocycles. The van der Waals surface area contributed by atoms with E-state index in [-0.39, 0.29) is 10.6 Å². The number of hydrogen-bond acceptors (Lipinski definition) is 3. The summed E-state index contributed by atoms with van der Waals surface area (Å²) < 4.78 is 43.7. The minimum absolute atomic E-state index is 0.104. The Kier molecular flexibility index (Phi) is 5.09.